The fourth-order valence-corrected chi connectivity index (χ4v) is 5.97. The quantitative estimate of drug-likeness (QED) is 0.644. The number of hydrogen-bond donors (Lipinski definition) is 1. The highest BCUT2D eigenvalue weighted by Crippen LogP contribution is 2.34. The van der Waals surface area contributed by atoms with Crippen LogP contribution in [-0.2, 0) is 10.0 Å². The molecule has 1 atom stereocenters. The number of rotatable bonds is 6. The molecule has 5 nitrogen and oxygen atoms in total. The standard InChI is InChI=1S/C17H18N2O3S3/c1-11-6-7-15-14(8-11)19-17(24-15)23-10-16(25(18,20)21)12-4-3-5-13(9-12)22-2/h3-9,16H,10H2,1-2H3,(H2,18,20,21). The molecule has 1 unspecified atom stereocenters. The Morgan fingerprint density at radius 1 is 1.28 bits per heavy atom. The summed E-state index contributed by atoms with van der Waals surface area (Å²) < 4.78 is 31.2. The predicted octanol–water partition coefficient (Wildman–Crippen LogP) is 3.74. The van der Waals surface area contributed by atoms with Crippen LogP contribution < -0.4 is 9.88 Å². The Hall–Kier alpha value is -1.61. The number of nitrogens with zero attached hydrogens (tertiary/aromatic N) is 1. The number of fused-ring (bicyclic) bond motifs is 1. The van der Waals surface area contributed by atoms with Gasteiger partial charge in [0.1, 0.15) is 11.0 Å². The van der Waals surface area contributed by atoms with E-state index >= 15 is 0 Å². The van der Waals surface area contributed by atoms with E-state index in [4.69, 9.17) is 9.88 Å². The molecule has 8 heteroatoms. The summed E-state index contributed by atoms with van der Waals surface area (Å²) in [5.74, 6) is 0.900. The molecule has 0 saturated heterocycles. The Bertz CT molecular complexity index is 999. The first kappa shape index (κ1) is 18.2. The molecule has 25 heavy (non-hydrogen) atoms. The lowest BCUT2D eigenvalue weighted by Gasteiger charge is -2.15. The molecule has 0 radical (unpaired) electrons. The van der Waals surface area contributed by atoms with E-state index in [2.05, 4.69) is 4.98 Å². The molecular weight excluding hydrogens is 376 g/mol. The van der Waals surface area contributed by atoms with E-state index in [1.165, 1.54) is 11.8 Å². The monoisotopic (exact) mass is 394 g/mol. The number of thioether (sulfide) groups is 1. The molecule has 0 aliphatic rings. The van der Waals surface area contributed by atoms with Crippen LogP contribution >= 0.6 is 23.1 Å². The third-order valence-corrected chi connectivity index (χ3v) is 7.46. The van der Waals surface area contributed by atoms with Crippen molar-refractivity contribution in [2.45, 2.75) is 16.5 Å². The van der Waals surface area contributed by atoms with Gasteiger partial charge in [-0.2, -0.15) is 0 Å². The van der Waals surface area contributed by atoms with Crippen LogP contribution in [0, 0.1) is 6.92 Å². The van der Waals surface area contributed by atoms with Crippen molar-refractivity contribution in [2.24, 2.45) is 5.14 Å². The summed E-state index contributed by atoms with van der Waals surface area (Å²) in [6.07, 6.45) is 0. The van der Waals surface area contributed by atoms with Gasteiger partial charge in [0.25, 0.3) is 0 Å². The zero-order valence-electron chi connectivity index (χ0n) is 13.8. The first-order chi connectivity index (χ1) is 11.9. The molecule has 2 N–H and O–H groups in total. The Morgan fingerprint density at radius 2 is 2.08 bits per heavy atom. The normalized spacial score (nSPS) is 13.1. The van der Waals surface area contributed by atoms with Gasteiger partial charge in [-0.15, -0.1) is 11.3 Å². The molecule has 0 bridgehead atoms. The van der Waals surface area contributed by atoms with Gasteiger partial charge >= 0.3 is 0 Å². The lowest BCUT2D eigenvalue weighted by molar-refractivity contribution is 0.414. The third kappa shape index (κ3) is 4.33. The van der Waals surface area contributed by atoms with Crippen LogP contribution in [0.4, 0.5) is 0 Å². The van der Waals surface area contributed by atoms with E-state index in [0.29, 0.717) is 17.1 Å². The molecule has 0 aliphatic carbocycles. The third-order valence-electron chi connectivity index (χ3n) is 3.74. The van der Waals surface area contributed by atoms with Crippen molar-refractivity contribution in [1.82, 2.24) is 4.98 Å². The number of sulfonamides is 1. The average molecular weight is 395 g/mol. The SMILES string of the molecule is COc1cccc(C(CSc2nc3cc(C)ccc3s2)S(N)(=O)=O)c1. The predicted molar refractivity (Wildman–Crippen MR) is 104 cm³/mol. The van der Waals surface area contributed by atoms with E-state index in [-0.39, 0.29) is 0 Å². The largest absolute Gasteiger partial charge is 0.497 e. The maximum Gasteiger partial charge on any atom is 0.216 e. The molecule has 3 aromatic rings. The molecule has 0 amide bonds. The van der Waals surface area contributed by atoms with Gasteiger partial charge in [0, 0.05) is 5.75 Å². The molecular formula is C17H18N2O3S3. The first-order valence-electron chi connectivity index (χ1n) is 7.52. The van der Waals surface area contributed by atoms with Crippen molar-refractivity contribution in [3.8, 4) is 5.75 Å². The van der Waals surface area contributed by atoms with Gasteiger partial charge < -0.3 is 4.74 Å². The summed E-state index contributed by atoms with van der Waals surface area (Å²) in [5, 5.41) is 4.65. The molecule has 0 aliphatic heterocycles. The summed E-state index contributed by atoms with van der Waals surface area (Å²) >= 11 is 2.96. The number of ether oxygens (including phenoxy) is 1. The summed E-state index contributed by atoms with van der Waals surface area (Å²) in [4.78, 5) is 4.58. The fourth-order valence-electron chi connectivity index (χ4n) is 2.45. The number of primary sulfonamides is 1. The van der Waals surface area contributed by atoms with E-state index < -0.39 is 15.3 Å². The molecule has 2 aromatic carbocycles. The van der Waals surface area contributed by atoms with E-state index in [1.54, 1.807) is 42.7 Å². The van der Waals surface area contributed by atoms with Gasteiger partial charge in [-0.1, -0.05) is 30.0 Å². The lowest BCUT2D eigenvalue weighted by Crippen LogP contribution is -2.23. The Labute approximate surface area is 155 Å². The second kappa shape index (κ2) is 7.33. The zero-order chi connectivity index (χ0) is 18.0. The Morgan fingerprint density at radius 3 is 2.80 bits per heavy atom. The maximum absolute atomic E-state index is 12.1. The molecule has 132 valence electrons. The first-order valence-corrected chi connectivity index (χ1v) is 10.9. The number of benzene rings is 2. The summed E-state index contributed by atoms with van der Waals surface area (Å²) in [5.41, 5.74) is 2.69. The van der Waals surface area contributed by atoms with Crippen molar-refractivity contribution < 1.29 is 13.2 Å². The molecule has 0 fully saturated rings. The molecule has 1 aromatic heterocycles. The lowest BCUT2D eigenvalue weighted by atomic mass is 10.1. The number of hydrogen-bond acceptors (Lipinski definition) is 6. The number of methoxy groups -OCH3 is 1. The van der Waals surface area contributed by atoms with Crippen molar-refractivity contribution in [2.75, 3.05) is 12.9 Å². The van der Waals surface area contributed by atoms with Gasteiger partial charge in [0.05, 0.1) is 17.3 Å². The second-order valence-corrected chi connectivity index (χ2v) is 9.66. The second-order valence-electron chi connectivity index (χ2n) is 5.62. The van der Waals surface area contributed by atoms with Crippen LogP contribution in [-0.4, -0.2) is 26.3 Å². The van der Waals surface area contributed by atoms with Gasteiger partial charge in [-0.25, -0.2) is 18.5 Å². The smallest absolute Gasteiger partial charge is 0.216 e. The van der Waals surface area contributed by atoms with Crippen molar-refractivity contribution in [1.29, 1.82) is 0 Å². The average Bonchev–Trinajstić information content (AvgIpc) is 2.96. The van der Waals surface area contributed by atoms with Crippen molar-refractivity contribution >= 4 is 43.3 Å². The zero-order valence-corrected chi connectivity index (χ0v) is 16.2. The van der Waals surface area contributed by atoms with Gasteiger partial charge in [-0.05, 0) is 42.3 Å². The number of thiazole rings is 1. The highest BCUT2D eigenvalue weighted by molar-refractivity contribution is 8.02. The summed E-state index contributed by atoms with van der Waals surface area (Å²) in [6, 6.07) is 13.1. The van der Waals surface area contributed by atoms with Crippen molar-refractivity contribution in [3.63, 3.8) is 0 Å². The van der Waals surface area contributed by atoms with Gasteiger partial charge in [0.15, 0.2) is 4.34 Å². The minimum absolute atomic E-state index is 0.296. The highest BCUT2D eigenvalue weighted by Gasteiger charge is 2.25. The van der Waals surface area contributed by atoms with Crippen LogP contribution in [0.25, 0.3) is 10.2 Å². The van der Waals surface area contributed by atoms with Gasteiger partial charge in [-0.3, -0.25) is 0 Å². The van der Waals surface area contributed by atoms with Crippen LogP contribution in [0.1, 0.15) is 16.4 Å². The Balaban J connectivity index is 1.85. The topological polar surface area (TPSA) is 82.3 Å². The van der Waals surface area contributed by atoms with Crippen LogP contribution in [0.2, 0.25) is 0 Å². The molecule has 1 heterocycles. The van der Waals surface area contributed by atoms with E-state index in [9.17, 15) is 8.42 Å². The number of aryl methyl sites for hydroxylation is 1. The maximum atomic E-state index is 12.1. The summed E-state index contributed by atoms with van der Waals surface area (Å²) in [7, 11) is -2.20. The highest BCUT2D eigenvalue weighted by atomic mass is 32.2. The number of nitrogens with two attached hydrogens (primary N) is 1. The van der Waals surface area contributed by atoms with E-state index in [0.717, 1.165) is 20.1 Å². The van der Waals surface area contributed by atoms with Crippen LogP contribution in [0.3, 0.4) is 0 Å². The molecule has 0 spiro atoms. The van der Waals surface area contributed by atoms with Gasteiger partial charge in [0.2, 0.25) is 10.0 Å². The number of aromatic nitrogens is 1. The molecule has 0 saturated carbocycles. The van der Waals surface area contributed by atoms with Crippen molar-refractivity contribution in [3.05, 3.63) is 53.6 Å². The minimum atomic E-state index is -3.75. The van der Waals surface area contributed by atoms with Crippen LogP contribution in [0.5, 0.6) is 5.75 Å². The fraction of sp³-hybridized carbons (Fsp3) is 0.235. The minimum Gasteiger partial charge on any atom is -0.497 e. The van der Waals surface area contributed by atoms with E-state index in [1.807, 2.05) is 25.1 Å². The van der Waals surface area contributed by atoms with Crippen LogP contribution in [0.15, 0.2) is 46.8 Å². The Kier molecular flexibility index (Phi) is 5.33. The molecule has 3 rings (SSSR count). The summed E-state index contributed by atoms with van der Waals surface area (Å²) in [6.45, 7) is 2.02.